The summed E-state index contributed by atoms with van der Waals surface area (Å²) in [4.78, 5) is 2.67. The first-order valence-corrected chi connectivity index (χ1v) is 7.47. The lowest BCUT2D eigenvalue weighted by Crippen LogP contribution is -2.30. The third-order valence-corrected chi connectivity index (χ3v) is 4.28. The number of hydrogen-bond donors (Lipinski definition) is 0. The highest BCUT2D eigenvalue weighted by Gasteiger charge is 2.30. The Hall–Kier alpha value is -1.15. The molecule has 1 heterocycles. The molecule has 1 aromatic carbocycles. The van der Waals surface area contributed by atoms with E-state index >= 15 is 0 Å². The summed E-state index contributed by atoms with van der Waals surface area (Å²) >= 11 is 0. The molecule has 1 nitrogen and oxygen atoms in total. The zero-order chi connectivity index (χ0) is 13.1. The zero-order valence-electron chi connectivity index (χ0n) is 11.4. The molecule has 2 fully saturated rings. The molecular formula is C17H22FN. The van der Waals surface area contributed by atoms with Gasteiger partial charge in [-0.05, 0) is 62.3 Å². The predicted molar refractivity (Wildman–Crippen MR) is 77.4 cm³/mol. The van der Waals surface area contributed by atoms with Crippen LogP contribution in [0.4, 0.5) is 4.39 Å². The van der Waals surface area contributed by atoms with Gasteiger partial charge < -0.3 is 0 Å². The zero-order valence-corrected chi connectivity index (χ0v) is 11.4. The molecule has 1 saturated carbocycles. The molecule has 1 unspecified atom stereocenters. The van der Waals surface area contributed by atoms with Crippen LogP contribution in [0.3, 0.4) is 0 Å². The van der Waals surface area contributed by atoms with Crippen LogP contribution in [0.1, 0.15) is 37.7 Å². The first kappa shape index (κ1) is 12.9. The maximum atomic E-state index is 12.8. The van der Waals surface area contributed by atoms with Gasteiger partial charge in [-0.25, -0.2) is 4.39 Å². The van der Waals surface area contributed by atoms with Crippen LogP contribution in [0.5, 0.6) is 0 Å². The fourth-order valence-electron chi connectivity index (χ4n) is 2.97. The van der Waals surface area contributed by atoms with E-state index in [0.717, 1.165) is 23.9 Å². The van der Waals surface area contributed by atoms with Crippen molar-refractivity contribution in [2.24, 2.45) is 5.92 Å². The minimum atomic E-state index is -0.163. The number of halogens is 1. The fraction of sp³-hybridized carbons (Fsp3) is 0.529. The third kappa shape index (κ3) is 3.66. The summed E-state index contributed by atoms with van der Waals surface area (Å²) in [6.07, 6.45) is 11.1. The van der Waals surface area contributed by atoms with Crippen LogP contribution in [0, 0.1) is 11.7 Å². The molecule has 19 heavy (non-hydrogen) atoms. The summed E-state index contributed by atoms with van der Waals surface area (Å²) in [5.74, 6) is 0.824. The maximum Gasteiger partial charge on any atom is 0.123 e. The van der Waals surface area contributed by atoms with Gasteiger partial charge in [-0.1, -0.05) is 24.3 Å². The van der Waals surface area contributed by atoms with Crippen LogP contribution in [0.25, 0.3) is 6.08 Å². The number of nitrogens with zero attached hydrogens (tertiary/aromatic N) is 1. The van der Waals surface area contributed by atoms with Gasteiger partial charge in [-0.3, -0.25) is 4.90 Å². The molecule has 0 aromatic heterocycles. The molecule has 102 valence electrons. The standard InChI is InChI=1S/C17H22FN/c18-16-10-8-14(9-11-16)3-1-4-17-5-2-12-19(17)13-15-6-7-15/h1,3,8-11,15,17H,2,4-7,12-13H2/b3-1-. The van der Waals surface area contributed by atoms with Crippen molar-refractivity contribution in [1.29, 1.82) is 0 Å². The second-order valence-corrected chi connectivity index (χ2v) is 5.92. The second kappa shape index (κ2) is 5.87. The molecule has 1 saturated heterocycles. The van der Waals surface area contributed by atoms with Crippen molar-refractivity contribution >= 4 is 6.08 Å². The minimum absolute atomic E-state index is 0.163. The smallest absolute Gasteiger partial charge is 0.123 e. The molecular weight excluding hydrogens is 237 g/mol. The number of likely N-dealkylation sites (tertiary alicyclic amines) is 1. The van der Waals surface area contributed by atoms with Gasteiger partial charge in [0, 0.05) is 12.6 Å². The van der Waals surface area contributed by atoms with Gasteiger partial charge in [0.05, 0.1) is 0 Å². The van der Waals surface area contributed by atoms with E-state index in [0.29, 0.717) is 0 Å². The van der Waals surface area contributed by atoms with E-state index in [1.807, 2.05) is 12.1 Å². The Kier molecular flexibility index (Phi) is 3.97. The summed E-state index contributed by atoms with van der Waals surface area (Å²) in [5.41, 5.74) is 1.09. The molecule has 2 aliphatic rings. The van der Waals surface area contributed by atoms with Crippen molar-refractivity contribution in [2.45, 2.75) is 38.1 Å². The highest BCUT2D eigenvalue weighted by molar-refractivity contribution is 5.48. The van der Waals surface area contributed by atoms with Gasteiger partial charge in [-0.2, -0.15) is 0 Å². The van der Waals surface area contributed by atoms with Crippen molar-refractivity contribution in [1.82, 2.24) is 4.90 Å². The SMILES string of the molecule is Fc1ccc(/C=C\CC2CCCN2CC2CC2)cc1. The fourth-order valence-corrected chi connectivity index (χ4v) is 2.97. The molecule has 2 heteroatoms. The van der Waals surface area contributed by atoms with Gasteiger partial charge in [-0.15, -0.1) is 0 Å². The van der Waals surface area contributed by atoms with E-state index < -0.39 is 0 Å². The minimum Gasteiger partial charge on any atom is -0.300 e. The van der Waals surface area contributed by atoms with Gasteiger partial charge in [0.2, 0.25) is 0 Å². The molecule has 0 spiro atoms. The number of hydrogen-bond acceptors (Lipinski definition) is 1. The molecule has 0 bridgehead atoms. The van der Waals surface area contributed by atoms with Crippen LogP contribution < -0.4 is 0 Å². The summed E-state index contributed by atoms with van der Waals surface area (Å²) in [6, 6.07) is 7.45. The van der Waals surface area contributed by atoms with Crippen LogP contribution in [0.2, 0.25) is 0 Å². The summed E-state index contributed by atoms with van der Waals surface area (Å²) in [5, 5.41) is 0. The Morgan fingerprint density at radius 2 is 1.95 bits per heavy atom. The average Bonchev–Trinajstić information content (AvgIpc) is 3.12. The highest BCUT2D eigenvalue weighted by Crippen LogP contribution is 2.33. The topological polar surface area (TPSA) is 3.24 Å². The van der Waals surface area contributed by atoms with Crippen molar-refractivity contribution in [3.8, 4) is 0 Å². The molecule has 1 atom stereocenters. The van der Waals surface area contributed by atoms with Crippen molar-refractivity contribution in [2.75, 3.05) is 13.1 Å². The summed E-state index contributed by atoms with van der Waals surface area (Å²) in [7, 11) is 0. The Morgan fingerprint density at radius 3 is 2.68 bits per heavy atom. The Balaban J connectivity index is 1.51. The molecule has 0 N–H and O–H groups in total. The van der Waals surface area contributed by atoms with E-state index in [1.54, 1.807) is 0 Å². The predicted octanol–water partition coefficient (Wildman–Crippen LogP) is 4.10. The van der Waals surface area contributed by atoms with Gasteiger partial charge >= 0.3 is 0 Å². The van der Waals surface area contributed by atoms with E-state index in [9.17, 15) is 4.39 Å². The van der Waals surface area contributed by atoms with Crippen LogP contribution in [-0.2, 0) is 0 Å². The average molecular weight is 259 g/mol. The van der Waals surface area contributed by atoms with Gasteiger partial charge in [0.25, 0.3) is 0 Å². The molecule has 1 aromatic rings. The largest absolute Gasteiger partial charge is 0.300 e. The lowest BCUT2D eigenvalue weighted by Gasteiger charge is -2.23. The molecule has 3 rings (SSSR count). The lowest BCUT2D eigenvalue weighted by molar-refractivity contribution is 0.245. The molecule has 0 radical (unpaired) electrons. The summed E-state index contributed by atoms with van der Waals surface area (Å²) in [6.45, 7) is 2.60. The van der Waals surface area contributed by atoms with Gasteiger partial charge in [0.1, 0.15) is 5.82 Å². The quantitative estimate of drug-likeness (QED) is 0.769. The van der Waals surface area contributed by atoms with E-state index in [2.05, 4.69) is 17.1 Å². The maximum absolute atomic E-state index is 12.8. The van der Waals surface area contributed by atoms with E-state index in [-0.39, 0.29) is 5.82 Å². The first-order valence-electron chi connectivity index (χ1n) is 7.47. The monoisotopic (exact) mass is 259 g/mol. The third-order valence-electron chi connectivity index (χ3n) is 4.28. The number of rotatable bonds is 5. The first-order chi connectivity index (χ1) is 9.31. The van der Waals surface area contributed by atoms with E-state index in [4.69, 9.17) is 0 Å². The van der Waals surface area contributed by atoms with Crippen LogP contribution in [-0.4, -0.2) is 24.0 Å². The normalized spacial score (nSPS) is 24.4. The molecule has 0 amide bonds. The second-order valence-electron chi connectivity index (χ2n) is 5.92. The Morgan fingerprint density at radius 1 is 1.16 bits per heavy atom. The lowest BCUT2D eigenvalue weighted by atomic mass is 10.1. The van der Waals surface area contributed by atoms with Crippen molar-refractivity contribution in [3.63, 3.8) is 0 Å². The van der Waals surface area contributed by atoms with Crippen molar-refractivity contribution < 1.29 is 4.39 Å². The Bertz CT molecular complexity index is 433. The van der Waals surface area contributed by atoms with Crippen LogP contribution >= 0.6 is 0 Å². The highest BCUT2D eigenvalue weighted by atomic mass is 19.1. The number of benzene rings is 1. The van der Waals surface area contributed by atoms with Crippen molar-refractivity contribution in [3.05, 3.63) is 41.7 Å². The van der Waals surface area contributed by atoms with Crippen LogP contribution in [0.15, 0.2) is 30.3 Å². The van der Waals surface area contributed by atoms with E-state index in [1.165, 1.54) is 50.9 Å². The molecule has 1 aliphatic carbocycles. The molecule has 1 aliphatic heterocycles. The summed E-state index contributed by atoms with van der Waals surface area (Å²) < 4.78 is 12.8. The Labute approximate surface area is 115 Å². The van der Waals surface area contributed by atoms with Gasteiger partial charge in [0.15, 0.2) is 0 Å².